The number of carbonyl (C=O) groups is 3. The Kier molecular flexibility index (Phi) is 5.55. The van der Waals surface area contributed by atoms with Gasteiger partial charge in [-0.1, -0.05) is 0 Å². The lowest BCUT2D eigenvalue weighted by molar-refractivity contribution is -0.132. The van der Waals surface area contributed by atoms with Crippen molar-refractivity contribution in [3.63, 3.8) is 0 Å². The number of nitrogens with zero attached hydrogens (tertiary/aromatic N) is 5. The van der Waals surface area contributed by atoms with Gasteiger partial charge in [-0.05, 0) is 25.7 Å². The molecule has 3 aliphatic heterocycles. The second-order valence-corrected chi connectivity index (χ2v) is 7.85. The Morgan fingerprint density at radius 2 is 2.10 bits per heavy atom. The molecule has 1 fully saturated rings. The quantitative estimate of drug-likeness (QED) is 0.817. The summed E-state index contributed by atoms with van der Waals surface area (Å²) in [6.45, 7) is 3.50. The molecule has 4 heterocycles. The van der Waals surface area contributed by atoms with Crippen molar-refractivity contribution >= 4 is 23.4 Å². The Balaban J connectivity index is 1.37. The highest BCUT2D eigenvalue weighted by Crippen LogP contribution is 2.30. The molecule has 3 aliphatic rings. The molecular formula is C20H26N6O3. The van der Waals surface area contributed by atoms with Gasteiger partial charge in [0.15, 0.2) is 5.82 Å². The molecule has 9 heteroatoms. The number of carbonyl (C=O) groups excluding carboxylic acids is 3. The molecule has 3 amide bonds. The molecular weight excluding hydrogens is 372 g/mol. The number of likely N-dealkylation sites (tertiary alicyclic amines) is 1. The number of amides is 3. The number of fused-ring (bicyclic) bond motifs is 1. The average molecular weight is 398 g/mol. The molecule has 1 saturated heterocycles. The van der Waals surface area contributed by atoms with E-state index in [2.05, 4.69) is 15.5 Å². The van der Waals surface area contributed by atoms with Crippen LogP contribution >= 0.6 is 0 Å². The molecule has 29 heavy (non-hydrogen) atoms. The van der Waals surface area contributed by atoms with Crippen LogP contribution in [0.3, 0.4) is 0 Å². The third-order valence-corrected chi connectivity index (χ3v) is 5.87. The second kappa shape index (κ2) is 8.26. The maximum Gasteiger partial charge on any atom is 0.240 e. The van der Waals surface area contributed by atoms with Crippen LogP contribution in [0, 0.1) is 0 Å². The summed E-state index contributed by atoms with van der Waals surface area (Å²) < 4.78 is 0. The molecule has 1 aromatic heterocycles. The van der Waals surface area contributed by atoms with Crippen molar-refractivity contribution in [3.8, 4) is 0 Å². The molecule has 1 aromatic rings. The van der Waals surface area contributed by atoms with Crippen molar-refractivity contribution in [2.75, 3.05) is 13.1 Å². The summed E-state index contributed by atoms with van der Waals surface area (Å²) >= 11 is 0. The first-order chi connectivity index (χ1) is 14.0. The minimum absolute atomic E-state index is 0.0331. The molecule has 0 spiro atoms. The summed E-state index contributed by atoms with van der Waals surface area (Å²) in [5.41, 5.74) is 5.30. The van der Waals surface area contributed by atoms with Crippen LogP contribution in [-0.2, 0) is 27.3 Å². The Hall–Kier alpha value is -2.84. The van der Waals surface area contributed by atoms with E-state index >= 15 is 0 Å². The monoisotopic (exact) mass is 398 g/mol. The van der Waals surface area contributed by atoms with Gasteiger partial charge in [-0.3, -0.25) is 14.4 Å². The first-order valence-electron chi connectivity index (χ1n) is 10.2. The van der Waals surface area contributed by atoms with E-state index in [0.717, 1.165) is 36.4 Å². The molecule has 1 N–H and O–H groups in total. The van der Waals surface area contributed by atoms with Crippen LogP contribution in [0.1, 0.15) is 68.6 Å². The molecule has 4 rings (SSSR count). The van der Waals surface area contributed by atoms with Crippen molar-refractivity contribution in [1.29, 1.82) is 0 Å². The van der Waals surface area contributed by atoms with E-state index in [9.17, 15) is 14.4 Å². The summed E-state index contributed by atoms with van der Waals surface area (Å²) in [6, 6.07) is -0.0331. The zero-order valence-electron chi connectivity index (χ0n) is 16.7. The van der Waals surface area contributed by atoms with Crippen LogP contribution in [0.15, 0.2) is 11.3 Å². The molecule has 1 atom stereocenters. The minimum Gasteiger partial charge on any atom is -0.338 e. The van der Waals surface area contributed by atoms with E-state index in [0.29, 0.717) is 51.0 Å². The van der Waals surface area contributed by atoms with Crippen LogP contribution in [0.5, 0.6) is 0 Å². The van der Waals surface area contributed by atoms with Crippen LogP contribution in [0.2, 0.25) is 0 Å². The van der Waals surface area contributed by atoms with Crippen LogP contribution in [0.4, 0.5) is 0 Å². The molecule has 1 unspecified atom stereocenters. The van der Waals surface area contributed by atoms with Crippen LogP contribution < -0.4 is 5.43 Å². The highest BCUT2D eigenvalue weighted by atomic mass is 16.2. The lowest BCUT2D eigenvalue weighted by Crippen LogP contribution is -2.37. The second-order valence-electron chi connectivity index (χ2n) is 7.85. The van der Waals surface area contributed by atoms with Gasteiger partial charge in [0.1, 0.15) is 0 Å². The van der Waals surface area contributed by atoms with E-state index < -0.39 is 0 Å². The van der Waals surface area contributed by atoms with E-state index in [4.69, 9.17) is 4.98 Å². The first kappa shape index (κ1) is 19.5. The summed E-state index contributed by atoms with van der Waals surface area (Å²) in [7, 11) is 0. The molecule has 0 saturated carbocycles. The number of rotatable bonds is 4. The normalized spacial score (nSPS) is 21.5. The summed E-state index contributed by atoms with van der Waals surface area (Å²) in [6.07, 6.45) is 6.39. The van der Waals surface area contributed by atoms with Gasteiger partial charge in [-0.15, -0.1) is 0 Å². The molecule has 0 radical (unpaired) electrons. The van der Waals surface area contributed by atoms with Gasteiger partial charge in [-0.2, -0.15) is 5.10 Å². The number of hydrazone groups is 1. The smallest absolute Gasteiger partial charge is 0.240 e. The lowest BCUT2D eigenvalue weighted by atomic mass is 10.0. The zero-order valence-corrected chi connectivity index (χ0v) is 16.7. The number of hydrogen-bond acceptors (Lipinski definition) is 6. The maximum atomic E-state index is 12.6. The molecule has 0 bridgehead atoms. The predicted molar refractivity (Wildman–Crippen MR) is 105 cm³/mol. The van der Waals surface area contributed by atoms with Gasteiger partial charge in [0, 0.05) is 63.3 Å². The summed E-state index contributed by atoms with van der Waals surface area (Å²) in [5, 5.41) is 4.03. The van der Waals surface area contributed by atoms with Gasteiger partial charge in [0.05, 0.1) is 11.7 Å². The molecule has 0 aliphatic carbocycles. The molecule has 154 valence electrons. The first-order valence-corrected chi connectivity index (χ1v) is 10.2. The summed E-state index contributed by atoms with van der Waals surface area (Å²) in [5.74, 6) is 0.787. The standard InChI is InChI=1S/C20H26N6O3/c1-13(27)26-9-2-3-17(26)20-21-11-14-12-25(10-8-16(14)22-20)19(29)7-5-15-4-6-18(28)24-23-15/h11,17H,2-10,12H2,1H3,(H,24,28). The minimum atomic E-state index is -0.0730. The van der Waals surface area contributed by atoms with E-state index in [1.54, 1.807) is 6.92 Å². The van der Waals surface area contributed by atoms with Gasteiger partial charge < -0.3 is 9.80 Å². The Bertz CT molecular complexity index is 868. The fourth-order valence-electron chi connectivity index (χ4n) is 4.22. The third kappa shape index (κ3) is 4.28. The Morgan fingerprint density at radius 3 is 2.86 bits per heavy atom. The Morgan fingerprint density at radius 1 is 1.24 bits per heavy atom. The van der Waals surface area contributed by atoms with Gasteiger partial charge >= 0.3 is 0 Å². The van der Waals surface area contributed by atoms with Crippen molar-refractivity contribution in [2.24, 2.45) is 5.10 Å². The van der Waals surface area contributed by atoms with E-state index in [-0.39, 0.29) is 23.8 Å². The fourth-order valence-corrected chi connectivity index (χ4v) is 4.22. The van der Waals surface area contributed by atoms with Crippen molar-refractivity contribution < 1.29 is 14.4 Å². The van der Waals surface area contributed by atoms with E-state index in [1.165, 1.54) is 0 Å². The highest BCUT2D eigenvalue weighted by Gasteiger charge is 2.31. The number of hydrogen-bond donors (Lipinski definition) is 1. The number of nitrogens with one attached hydrogen (secondary N) is 1. The van der Waals surface area contributed by atoms with Crippen LogP contribution in [0.25, 0.3) is 0 Å². The number of aromatic nitrogens is 2. The molecule has 0 aromatic carbocycles. The fraction of sp³-hybridized carbons (Fsp3) is 0.600. The summed E-state index contributed by atoms with van der Waals surface area (Å²) in [4.78, 5) is 48.5. The van der Waals surface area contributed by atoms with Crippen molar-refractivity contribution in [1.82, 2.24) is 25.2 Å². The van der Waals surface area contributed by atoms with Gasteiger partial charge in [0.25, 0.3) is 0 Å². The lowest BCUT2D eigenvalue weighted by Gasteiger charge is -2.29. The average Bonchev–Trinajstić information content (AvgIpc) is 3.22. The maximum absolute atomic E-state index is 12.6. The van der Waals surface area contributed by atoms with E-state index in [1.807, 2.05) is 16.0 Å². The topological polar surface area (TPSA) is 108 Å². The SMILES string of the molecule is CC(=O)N1CCCC1c1ncc2c(n1)CCN(C(=O)CCC1=NNC(=O)CC1)C2. The van der Waals surface area contributed by atoms with Gasteiger partial charge in [0.2, 0.25) is 17.7 Å². The van der Waals surface area contributed by atoms with Crippen LogP contribution in [-0.4, -0.2) is 56.3 Å². The highest BCUT2D eigenvalue weighted by molar-refractivity contribution is 5.94. The van der Waals surface area contributed by atoms with Crippen molar-refractivity contribution in [3.05, 3.63) is 23.3 Å². The molecule has 9 nitrogen and oxygen atoms in total. The Labute approximate surface area is 169 Å². The zero-order chi connectivity index (χ0) is 20.4. The largest absolute Gasteiger partial charge is 0.338 e. The predicted octanol–water partition coefficient (Wildman–Crippen LogP) is 1.09. The van der Waals surface area contributed by atoms with Gasteiger partial charge in [-0.25, -0.2) is 15.4 Å². The van der Waals surface area contributed by atoms with Crippen molar-refractivity contribution in [2.45, 2.75) is 64.5 Å². The third-order valence-electron chi connectivity index (χ3n) is 5.87.